The van der Waals surface area contributed by atoms with Gasteiger partial charge in [-0.3, -0.25) is 4.98 Å². The molecule has 0 aromatic carbocycles. The third kappa shape index (κ3) is 1.30. The Balaban J connectivity index is 2.68. The molecule has 0 fully saturated rings. The predicted octanol–water partition coefficient (Wildman–Crippen LogP) is 2.39. The summed E-state index contributed by atoms with van der Waals surface area (Å²) >= 11 is 0. The van der Waals surface area contributed by atoms with Crippen LogP contribution in [-0.4, -0.2) is 15.0 Å². The van der Waals surface area contributed by atoms with Gasteiger partial charge in [0.2, 0.25) is 0 Å². The molecular formula is C10H13N3. The summed E-state index contributed by atoms with van der Waals surface area (Å²) in [5.41, 5.74) is 3.06. The first-order valence-corrected chi connectivity index (χ1v) is 4.49. The van der Waals surface area contributed by atoms with Crippen molar-refractivity contribution in [1.29, 1.82) is 0 Å². The zero-order valence-electron chi connectivity index (χ0n) is 8.13. The lowest BCUT2D eigenvalue weighted by Gasteiger charge is -1.95. The maximum Gasteiger partial charge on any atom is 0.110 e. The molecule has 1 N–H and O–H groups in total. The highest BCUT2D eigenvalue weighted by Crippen LogP contribution is 2.17. The van der Waals surface area contributed by atoms with Gasteiger partial charge in [-0.05, 0) is 13.0 Å². The lowest BCUT2D eigenvalue weighted by Crippen LogP contribution is -1.88. The second-order valence-electron chi connectivity index (χ2n) is 3.57. The third-order valence-corrected chi connectivity index (χ3v) is 2.15. The highest BCUT2D eigenvalue weighted by Gasteiger charge is 2.07. The molecule has 2 aromatic rings. The molecule has 2 aromatic heterocycles. The van der Waals surface area contributed by atoms with E-state index >= 15 is 0 Å². The number of nitrogens with zero attached hydrogens (tertiary/aromatic N) is 2. The number of hydrogen-bond acceptors (Lipinski definition) is 2. The summed E-state index contributed by atoms with van der Waals surface area (Å²) in [5, 5.41) is 0. The molecule has 13 heavy (non-hydrogen) atoms. The third-order valence-electron chi connectivity index (χ3n) is 2.15. The van der Waals surface area contributed by atoms with Crippen molar-refractivity contribution in [3.63, 3.8) is 0 Å². The Kier molecular flexibility index (Phi) is 1.79. The van der Waals surface area contributed by atoms with Gasteiger partial charge in [-0.1, -0.05) is 13.8 Å². The van der Waals surface area contributed by atoms with Crippen LogP contribution < -0.4 is 0 Å². The Hall–Kier alpha value is -1.38. The van der Waals surface area contributed by atoms with Crippen LogP contribution in [0.15, 0.2) is 12.3 Å². The van der Waals surface area contributed by atoms with E-state index in [1.807, 2.05) is 13.0 Å². The van der Waals surface area contributed by atoms with Crippen molar-refractivity contribution < 1.29 is 0 Å². The Morgan fingerprint density at radius 3 is 2.77 bits per heavy atom. The molecule has 0 bridgehead atoms. The number of hydrogen-bond donors (Lipinski definition) is 1. The normalized spacial score (nSPS) is 11.4. The van der Waals surface area contributed by atoms with Gasteiger partial charge >= 0.3 is 0 Å². The van der Waals surface area contributed by atoms with Crippen LogP contribution in [0.1, 0.15) is 31.3 Å². The van der Waals surface area contributed by atoms with Gasteiger partial charge in [0.15, 0.2) is 0 Å². The predicted molar refractivity (Wildman–Crippen MR) is 52.7 cm³/mol. The molecule has 2 rings (SSSR count). The molecule has 0 unspecified atom stereocenters. The quantitative estimate of drug-likeness (QED) is 0.723. The Bertz CT molecular complexity index is 429. The molecule has 68 valence electrons. The van der Waals surface area contributed by atoms with Crippen LogP contribution in [0, 0.1) is 6.92 Å². The number of pyridine rings is 1. The molecule has 0 spiro atoms. The van der Waals surface area contributed by atoms with Gasteiger partial charge in [-0.2, -0.15) is 0 Å². The van der Waals surface area contributed by atoms with Crippen molar-refractivity contribution in [2.24, 2.45) is 0 Å². The van der Waals surface area contributed by atoms with E-state index in [1.165, 1.54) is 0 Å². The molecule has 0 aliphatic carbocycles. The first-order chi connectivity index (χ1) is 6.18. The first-order valence-electron chi connectivity index (χ1n) is 4.49. The van der Waals surface area contributed by atoms with Crippen molar-refractivity contribution in [1.82, 2.24) is 15.0 Å². The first kappa shape index (κ1) is 8.23. The number of aromatic amines is 1. The lowest BCUT2D eigenvalue weighted by molar-refractivity contribution is 0.799. The Morgan fingerprint density at radius 2 is 2.15 bits per heavy atom. The van der Waals surface area contributed by atoms with Crippen molar-refractivity contribution in [2.45, 2.75) is 26.7 Å². The van der Waals surface area contributed by atoms with Gasteiger partial charge < -0.3 is 4.98 Å². The summed E-state index contributed by atoms with van der Waals surface area (Å²) in [6, 6.07) is 1.96. The van der Waals surface area contributed by atoms with E-state index in [9.17, 15) is 0 Å². The van der Waals surface area contributed by atoms with Gasteiger partial charge in [0, 0.05) is 12.1 Å². The average molecular weight is 175 g/mol. The van der Waals surface area contributed by atoms with Gasteiger partial charge in [0.1, 0.15) is 11.3 Å². The fourth-order valence-corrected chi connectivity index (χ4v) is 1.36. The second-order valence-corrected chi connectivity index (χ2v) is 3.57. The smallest absolute Gasteiger partial charge is 0.110 e. The summed E-state index contributed by atoms with van der Waals surface area (Å²) in [6.07, 6.45) is 1.81. The van der Waals surface area contributed by atoms with Crippen LogP contribution in [-0.2, 0) is 0 Å². The molecule has 0 amide bonds. The van der Waals surface area contributed by atoms with Crippen molar-refractivity contribution in [2.75, 3.05) is 0 Å². The molecule has 0 atom stereocenters. The van der Waals surface area contributed by atoms with Crippen LogP contribution >= 0.6 is 0 Å². The number of nitrogens with one attached hydrogen (secondary N) is 1. The molecule has 0 aliphatic heterocycles. The number of fused-ring (bicyclic) bond motifs is 1. The highest BCUT2D eigenvalue weighted by atomic mass is 14.9. The van der Waals surface area contributed by atoms with Crippen LogP contribution in [0.2, 0.25) is 0 Å². The van der Waals surface area contributed by atoms with E-state index in [4.69, 9.17) is 0 Å². The molecule has 0 saturated heterocycles. The van der Waals surface area contributed by atoms with Crippen LogP contribution in [0.5, 0.6) is 0 Å². The van der Waals surface area contributed by atoms with E-state index in [-0.39, 0.29) is 0 Å². The molecule has 0 saturated carbocycles. The molecule has 2 heterocycles. The van der Waals surface area contributed by atoms with E-state index in [2.05, 4.69) is 28.8 Å². The largest absolute Gasteiger partial charge is 0.342 e. The standard InChI is InChI=1S/C10H13N3/c1-6(2)10-12-8-4-5-11-7(3)9(8)13-10/h4-6H,1-3H3,(H,12,13). The minimum atomic E-state index is 0.437. The zero-order chi connectivity index (χ0) is 9.42. The highest BCUT2D eigenvalue weighted by molar-refractivity contribution is 5.76. The second kappa shape index (κ2) is 2.83. The zero-order valence-corrected chi connectivity index (χ0v) is 8.13. The molecule has 3 heteroatoms. The maximum atomic E-state index is 4.49. The Morgan fingerprint density at radius 1 is 1.38 bits per heavy atom. The number of H-pyrrole nitrogens is 1. The fraction of sp³-hybridized carbons (Fsp3) is 0.400. The number of rotatable bonds is 1. The van der Waals surface area contributed by atoms with Crippen molar-refractivity contribution in [3.8, 4) is 0 Å². The van der Waals surface area contributed by atoms with Gasteiger partial charge in [0.25, 0.3) is 0 Å². The van der Waals surface area contributed by atoms with Crippen molar-refractivity contribution >= 4 is 11.0 Å². The minimum absolute atomic E-state index is 0.437. The SMILES string of the molecule is Cc1nccc2[nH]c(C(C)C)nc12. The van der Waals surface area contributed by atoms with Gasteiger partial charge in [-0.15, -0.1) is 0 Å². The number of aromatic nitrogens is 3. The molecular weight excluding hydrogens is 162 g/mol. The summed E-state index contributed by atoms with van der Waals surface area (Å²) in [7, 11) is 0. The number of imidazole rings is 1. The van der Waals surface area contributed by atoms with E-state index in [0.717, 1.165) is 22.6 Å². The molecule has 0 aliphatic rings. The van der Waals surface area contributed by atoms with E-state index in [1.54, 1.807) is 6.20 Å². The molecule has 0 radical (unpaired) electrons. The van der Waals surface area contributed by atoms with Crippen LogP contribution in [0.25, 0.3) is 11.0 Å². The van der Waals surface area contributed by atoms with Gasteiger partial charge in [0.05, 0.1) is 11.2 Å². The summed E-state index contributed by atoms with van der Waals surface area (Å²) < 4.78 is 0. The monoisotopic (exact) mass is 175 g/mol. The average Bonchev–Trinajstić information content (AvgIpc) is 2.49. The topological polar surface area (TPSA) is 41.6 Å². The van der Waals surface area contributed by atoms with Crippen molar-refractivity contribution in [3.05, 3.63) is 23.8 Å². The Labute approximate surface area is 77.2 Å². The summed E-state index contributed by atoms with van der Waals surface area (Å²) in [4.78, 5) is 12.0. The van der Waals surface area contributed by atoms with Crippen LogP contribution in [0.4, 0.5) is 0 Å². The molecule has 3 nitrogen and oxygen atoms in total. The van der Waals surface area contributed by atoms with E-state index < -0.39 is 0 Å². The lowest BCUT2D eigenvalue weighted by atomic mass is 10.2. The summed E-state index contributed by atoms with van der Waals surface area (Å²) in [5.74, 6) is 1.47. The fourth-order valence-electron chi connectivity index (χ4n) is 1.36. The minimum Gasteiger partial charge on any atom is -0.342 e. The number of aryl methyl sites for hydroxylation is 1. The van der Waals surface area contributed by atoms with Crippen LogP contribution in [0.3, 0.4) is 0 Å². The van der Waals surface area contributed by atoms with E-state index in [0.29, 0.717) is 5.92 Å². The maximum absolute atomic E-state index is 4.49. The van der Waals surface area contributed by atoms with Gasteiger partial charge in [-0.25, -0.2) is 4.98 Å². The summed E-state index contributed by atoms with van der Waals surface area (Å²) in [6.45, 7) is 6.23.